The van der Waals surface area contributed by atoms with Crippen molar-refractivity contribution in [3.05, 3.63) is 24.5 Å². The highest BCUT2D eigenvalue weighted by Gasteiger charge is 1.90. The van der Waals surface area contributed by atoms with Gasteiger partial charge in [0.2, 0.25) is 0 Å². The van der Waals surface area contributed by atoms with Crippen LogP contribution in [0.4, 0.5) is 0 Å². The molecule has 0 bridgehead atoms. The van der Waals surface area contributed by atoms with Crippen LogP contribution in [0.25, 0.3) is 0 Å². The Morgan fingerprint density at radius 1 is 0.733 bits per heavy atom. The van der Waals surface area contributed by atoms with Gasteiger partial charge in [-0.25, -0.2) is 0 Å². The molecule has 88 valence electrons. The Labute approximate surface area is 94.9 Å². The molecule has 0 aliphatic carbocycles. The molecular weight excluding hydrogens is 184 g/mol. The van der Waals surface area contributed by atoms with Crippen molar-refractivity contribution < 1.29 is 5.11 Å². The predicted octanol–water partition coefficient (Wildman–Crippen LogP) is 5.15. The van der Waals surface area contributed by atoms with E-state index < -0.39 is 0 Å². The van der Waals surface area contributed by atoms with Crippen LogP contribution in [0.1, 0.15) is 64.7 Å². The van der Waals surface area contributed by atoms with E-state index in [1.165, 1.54) is 51.4 Å². The summed E-state index contributed by atoms with van der Waals surface area (Å²) in [6.07, 6.45) is 19.0. The molecule has 0 aromatic rings. The SMILES string of the molecule is C/C=C/CCCCCCCCC/C=C/O. The first kappa shape index (κ1) is 14.3. The van der Waals surface area contributed by atoms with E-state index in [1.54, 1.807) is 0 Å². The smallest absolute Gasteiger partial charge is 0.0751 e. The zero-order valence-electron chi connectivity index (χ0n) is 10.1. The zero-order valence-corrected chi connectivity index (χ0v) is 10.1. The number of unbranched alkanes of at least 4 members (excludes halogenated alkanes) is 8. The molecule has 0 rings (SSSR count). The Morgan fingerprint density at radius 3 is 1.67 bits per heavy atom. The Hall–Kier alpha value is -0.720. The van der Waals surface area contributed by atoms with Crippen molar-refractivity contribution in [1.29, 1.82) is 0 Å². The van der Waals surface area contributed by atoms with Gasteiger partial charge in [0.15, 0.2) is 0 Å². The fourth-order valence-electron chi connectivity index (χ4n) is 1.65. The van der Waals surface area contributed by atoms with Crippen LogP contribution < -0.4 is 0 Å². The van der Waals surface area contributed by atoms with Crippen molar-refractivity contribution in [3.8, 4) is 0 Å². The van der Waals surface area contributed by atoms with Crippen molar-refractivity contribution in [2.24, 2.45) is 0 Å². The average molecular weight is 210 g/mol. The third-order valence-corrected chi connectivity index (χ3v) is 2.58. The Balaban J connectivity index is 2.92. The number of hydrogen-bond donors (Lipinski definition) is 1. The maximum Gasteiger partial charge on any atom is 0.0751 e. The van der Waals surface area contributed by atoms with Gasteiger partial charge in [-0.05, 0) is 32.6 Å². The second-order valence-corrected chi connectivity index (χ2v) is 4.01. The molecule has 1 N–H and O–H groups in total. The molecule has 0 spiro atoms. The summed E-state index contributed by atoms with van der Waals surface area (Å²) >= 11 is 0. The van der Waals surface area contributed by atoms with Gasteiger partial charge in [-0.1, -0.05) is 50.3 Å². The van der Waals surface area contributed by atoms with E-state index in [1.807, 2.05) is 6.08 Å². The molecule has 0 aliphatic heterocycles. The molecule has 1 heteroatoms. The zero-order chi connectivity index (χ0) is 11.2. The lowest BCUT2D eigenvalue weighted by molar-refractivity contribution is 0.469. The summed E-state index contributed by atoms with van der Waals surface area (Å²) in [6.45, 7) is 2.08. The molecule has 0 amide bonds. The van der Waals surface area contributed by atoms with Gasteiger partial charge in [-0.3, -0.25) is 0 Å². The molecule has 0 saturated heterocycles. The highest BCUT2D eigenvalue weighted by Crippen LogP contribution is 2.09. The molecule has 0 heterocycles. The molecule has 0 aromatic heterocycles. The third-order valence-electron chi connectivity index (χ3n) is 2.58. The largest absolute Gasteiger partial charge is 0.516 e. The van der Waals surface area contributed by atoms with E-state index in [0.717, 1.165) is 12.7 Å². The van der Waals surface area contributed by atoms with Gasteiger partial charge in [-0.2, -0.15) is 0 Å². The van der Waals surface area contributed by atoms with Crippen LogP contribution in [-0.4, -0.2) is 5.11 Å². The minimum Gasteiger partial charge on any atom is -0.516 e. The molecule has 0 aliphatic rings. The first-order valence-electron chi connectivity index (χ1n) is 6.32. The lowest BCUT2D eigenvalue weighted by Gasteiger charge is -1.99. The highest BCUT2D eigenvalue weighted by atomic mass is 16.2. The van der Waals surface area contributed by atoms with Crippen molar-refractivity contribution in [2.45, 2.75) is 64.7 Å². The summed E-state index contributed by atoms with van der Waals surface area (Å²) in [7, 11) is 0. The standard InChI is InChI=1S/C14H26O/c1-2-3-4-5-6-7-8-9-10-11-12-13-14-15/h2-3,13-15H,4-12H2,1H3/b3-2+,14-13+. The van der Waals surface area contributed by atoms with Crippen LogP contribution in [0, 0.1) is 0 Å². The molecule has 15 heavy (non-hydrogen) atoms. The normalized spacial score (nSPS) is 11.8. The maximum absolute atomic E-state index is 8.42. The minimum atomic E-state index is 1.03. The topological polar surface area (TPSA) is 20.2 Å². The summed E-state index contributed by atoms with van der Waals surface area (Å²) in [4.78, 5) is 0. The fraction of sp³-hybridized carbons (Fsp3) is 0.714. The molecule has 0 fully saturated rings. The van der Waals surface area contributed by atoms with Crippen LogP contribution >= 0.6 is 0 Å². The summed E-state index contributed by atoms with van der Waals surface area (Å²) in [5, 5.41) is 8.42. The number of aliphatic hydroxyl groups excluding tert-OH is 1. The van der Waals surface area contributed by atoms with Gasteiger partial charge in [0.1, 0.15) is 0 Å². The van der Waals surface area contributed by atoms with Gasteiger partial charge in [-0.15, -0.1) is 0 Å². The average Bonchev–Trinajstić information content (AvgIpc) is 2.26. The summed E-state index contributed by atoms with van der Waals surface area (Å²) in [5.41, 5.74) is 0. The molecule has 0 radical (unpaired) electrons. The first-order chi connectivity index (χ1) is 7.41. The Kier molecular flexibility index (Phi) is 12.6. The van der Waals surface area contributed by atoms with Crippen LogP contribution in [0.2, 0.25) is 0 Å². The van der Waals surface area contributed by atoms with Crippen molar-refractivity contribution in [3.63, 3.8) is 0 Å². The molecule has 0 aromatic carbocycles. The molecule has 0 saturated carbocycles. The number of allylic oxidation sites excluding steroid dienone is 3. The lowest BCUT2D eigenvalue weighted by atomic mass is 10.1. The monoisotopic (exact) mass is 210 g/mol. The quantitative estimate of drug-likeness (QED) is 0.300. The number of hydrogen-bond acceptors (Lipinski definition) is 1. The highest BCUT2D eigenvalue weighted by molar-refractivity contribution is 4.76. The van der Waals surface area contributed by atoms with Gasteiger partial charge >= 0.3 is 0 Å². The van der Waals surface area contributed by atoms with Crippen LogP contribution in [0.3, 0.4) is 0 Å². The number of rotatable bonds is 10. The van der Waals surface area contributed by atoms with Gasteiger partial charge < -0.3 is 5.11 Å². The number of aliphatic hydroxyl groups is 1. The van der Waals surface area contributed by atoms with Gasteiger partial charge in [0.05, 0.1) is 6.26 Å². The fourth-order valence-corrected chi connectivity index (χ4v) is 1.65. The summed E-state index contributed by atoms with van der Waals surface area (Å²) < 4.78 is 0. The second kappa shape index (κ2) is 13.3. The molecule has 1 nitrogen and oxygen atoms in total. The minimum absolute atomic E-state index is 1.03. The third kappa shape index (κ3) is 13.3. The van der Waals surface area contributed by atoms with E-state index in [4.69, 9.17) is 5.11 Å². The van der Waals surface area contributed by atoms with Crippen molar-refractivity contribution >= 4 is 0 Å². The van der Waals surface area contributed by atoms with E-state index in [-0.39, 0.29) is 0 Å². The lowest BCUT2D eigenvalue weighted by Crippen LogP contribution is -1.80. The Bertz CT molecular complexity index is 141. The van der Waals surface area contributed by atoms with Crippen molar-refractivity contribution in [2.75, 3.05) is 0 Å². The summed E-state index contributed by atoms with van der Waals surface area (Å²) in [6, 6.07) is 0. The van der Waals surface area contributed by atoms with Crippen molar-refractivity contribution in [1.82, 2.24) is 0 Å². The Morgan fingerprint density at radius 2 is 1.20 bits per heavy atom. The molecule has 0 unspecified atom stereocenters. The van der Waals surface area contributed by atoms with E-state index in [9.17, 15) is 0 Å². The van der Waals surface area contributed by atoms with E-state index in [0.29, 0.717) is 0 Å². The predicted molar refractivity (Wildman–Crippen MR) is 68.1 cm³/mol. The van der Waals surface area contributed by atoms with E-state index >= 15 is 0 Å². The van der Waals surface area contributed by atoms with Gasteiger partial charge in [0.25, 0.3) is 0 Å². The summed E-state index contributed by atoms with van der Waals surface area (Å²) in [5.74, 6) is 0. The molecule has 0 atom stereocenters. The molecular formula is C14H26O. The van der Waals surface area contributed by atoms with Crippen LogP contribution in [0.15, 0.2) is 24.5 Å². The van der Waals surface area contributed by atoms with Crippen LogP contribution in [-0.2, 0) is 0 Å². The van der Waals surface area contributed by atoms with Gasteiger partial charge in [0, 0.05) is 0 Å². The second-order valence-electron chi connectivity index (χ2n) is 4.01. The first-order valence-corrected chi connectivity index (χ1v) is 6.32. The maximum atomic E-state index is 8.42. The van der Waals surface area contributed by atoms with E-state index in [2.05, 4.69) is 19.1 Å². The van der Waals surface area contributed by atoms with Crippen LogP contribution in [0.5, 0.6) is 0 Å².